The van der Waals surface area contributed by atoms with Crippen LogP contribution < -0.4 is 5.32 Å². The van der Waals surface area contributed by atoms with Crippen molar-refractivity contribution in [2.75, 3.05) is 20.3 Å². The molecule has 1 unspecified atom stereocenters. The monoisotopic (exact) mass is 301 g/mol. The first kappa shape index (κ1) is 14.0. The lowest BCUT2D eigenvalue weighted by atomic mass is 10.1. The molecule has 1 amide bonds. The Morgan fingerprint density at radius 2 is 2.24 bits per heavy atom. The van der Waals surface area contributed by atoms with E-state index in [1.165, 1.54) is 0 Å². The van der Waals surface area contributed by atoms with Gasteiger partial charge < -0.3 is 15.2 Å². The summed E-state index contributed by atoms with van der Waals surface area (Å²) in [6, 6.07) is 6.82. The fourth-order valence-electron chi connectivity index (χ4n) is 1.36. The van der Waals surface area contributed by atoms with Crippen LogP contribution >= 0.6 is 15.9 Å². The third-order valence-electron chi connectivity index (χ3n) is 2.21. The molecule has 1 rings (SSSR count). The Balaban J connectivity index is 2.37. The molecule has 0 heterocycles. The number of aromatic hydroxyl groups is 1. The molecule has 0 aliphatic carbocycles. The summed E-state index contributed by atoms with van der Waals surface area (Å²) >= 11 is 3.38. The van der Waals surface area contributed by atoms with Crippen LogP contribution in [0, 0.1) is 0 Å². The fourth-order valence-corrected chi connectivity index (χ4v) is 1.79. The van der Waals surface area contributed by atoms with E-state index in [0.717, 1.165) is 0 Å². The normalized spacial score (nSPS) is 12.1. The van der Waals surface area contributed by atoms with E-state index >= 15 is 0 Å². The second-order valence-electron chi connectivity index (χ2n) is 3.66. The summed E-state index contributed by atoms with van der Waals surface area (Å²) in [5.41, 5.74) is 0.628. The zero-order valence-electron chi connectivity index (χ0n) is 9.65. The summed E-state index contributed by atoms with van der Waals surface area (Å²) < 4.78 is 4.94. The Morgan fingerprint density at radius 3 is 2.88 bits per heavy atom. The number of benzene rings is 1. The molecule has 0 radical (unpaired) electrons. The van der Waals surface area contributed by atoms with Gasteiger partial charge in [-0.25, -0.2) is 0 Å². The number of phenolic OH excluding ortho intramolecular Hbond substituents is 1. The van der Waals surface area contributed by atoms with Crippen molar-refractivity contribution in [1.29, 1.82) is 0 Å². The number of ether oxygens (including phenoxy) is 1. The highest BCUT2D eigenvalue weighted by Crippen LogP contribution is 2.15. The van der Waals surface area contributed by atoms with Crippen molar-refractivity contribution in [3.63, 3.8) is 0 Å². The molecule has 0 spiro atoms. The highest BCUT2D eigenvalue weighted by atomic mass is 79.9. The number of carbonyl (C=O) groups excluding carboxylic acids is 1. The second kappa shape index (κ2) is 7.29. The van der Waals surface area contributed by atoms with Crippen molar-refractivity contribution < 1.29 is 14.6 Å². The molecule has 4 nitrogen and oxygen atoms in total. The predicted molar refractivity (Wildman–Crippen MR) is 69.4 cm³/mol. The molecule has 0 bridgehead atoms. The van der Waals surface area contributed by atoms with Gasteiger partial charge in [0.05, 0.1) is 17.9 Å². The van der Waals surface area contributed by atoms with E-state index in [4.69, 9.17) is 4.74 Å². The van der Waals surface area contributed by atoms with Gasteiger partial charge in [-0.2, -0.15) is 0 Å². The minimum Gasteiger partial charge on any atom is -0.508 e. The molecular formula is C12H16BrNO3. The highest BCUT2D eigenvalue weighted by molar-refractivity contribution is 9.09. The lowest BCUT2D eigenvalue weighted by Crippen LogP contribution is -2.32. The van der Waals surface area contributed by atoms with Gasteiger partial charge in [0.1, 0.15) is 5.75 Å². The van der Waals surface area contributed by atoms with Crippen molar-refractivity contribution in [3.05, 3.63) is 29.8 Å². The number of alkyl halides is 1. The Bertz CT molecular complexity index is 371. The van der Waals surface area contributed by atoms with E-state index in [-0.39, 0.29) is 22.9 Å². The zero-order chi connectivity index (χ0) is 12.7. The number of hydrogen-bond acceptors (Lipinski definition) is 3. The Kier molecular flexibility index (Phi) is 6.00. The van der Waals surface area contributed by atoms with Crippen LogP contribution in [0.3, 0.4) is 0 Å². The number of para-hydroxylation sites is 1. The molecule has 2 N–H and O–H groups in total. The van der Waals surface area contributed by atoms with Gasteiger partial charge in [-0.1, -0.05) is 34.1 Å². The SMILES string of the molecule is COCC(Br)CNC(=O)Cc1ccccc1O. The molecule has 0 fully saturated rings. The molecule has 0 aliphatic heterocycles. The van der Waals surface area contributed by atoms with Crippen molar-refractivity contribution in [2.45, 2.75) is 11.2 Å². The molecular weight excluding hydrogens is 286 g/mol. The number of phenols is 1. The minimum atomic E-state index is -0.118. The van der Waals surface area contributed by atoms with Crippen molar-refractivity contribution >= 4 is 21.8 Å². The molecule has 1 aromatic rings. The van der Waals surface area contributed by atoms with E-state index in [1.807, 2.05) is 0 Å². The van der Waals surface area contributed by atoms with Crippen molar-refractivity contribution in [2.24, 2.45) is 0 Å². The van der Waals surface area contributed by atoms with Gasteiger partial charge in [0, 0.05) is 19.2 Å². The number of methoxy groups -OCH3 is 1. The van der Waals surface area contributed by atoms with Crippen molar-refractivity contribution in [1.82, 2.24) is 5.32 Å². The first-order valence-corrected chi connectivity index (χ1v) is 6.21. The lowest BCUT2D eigenvalue weighted by molar-refractivity contribution is -0.120. The van der Waals surface area contributed by atoms with Gasteiger partial charge in [-0.15, -0.1) is 0 Å². The maximum absolute atomic E-state index is 11.6. The van der Waals surface area contributed by atoms with Crippen LogP contribution in [0.15, 0.2) is 24.3 Å². The largest absolute Gasteiger partial charge is 0.508 e. The standard InChI is InChI=1S/C12H16BrNO3/c1-17-8-10(13)7-14-12(16)6-9-4-2-3-5-11(9)15/h2-5,10,15H,6-8H2,1H3,(H,14,16). The van der Waals surface area contributed by atoms with Crippen molar-refractivity contribution in [3.8, 4) is 5.75 Å². The van der Waals surface area contributed by atoms with Gasteiger partial charge in [0.25, 0.3) is 0 Å². The number of amides is 1. The highest BCUT2D eigenvalue weighted by Gasteiger charge is 2.09. The molecule has 0 aliphatic rings. The number of nitrogens with one attached hydrogen (secondary N) is 1. The Labute approximate surface area is 109 Å². The van der Waals surface area contributed by atoms with E-state index in [2.05, 4.69) is 21.2 Å². The van der Waals surface area contributed by atoms with Crippen LogP contribution in [-0.2, 0) is 16.0 Å². The topological polar surface area (TPSA) is 58.6 Å². The molecule has 0 saturated heterocycles. The average molecular weight is 302 g/mol. The van der Waals surface area contributed by atoms with Gasteiger partial charge >= 0.3 is 0 Å². The van der Waals surface area contributed by atoms with E-state index in [1.54, 1.807) is 31.4 Å². The summed E-state index contributed by atoms with van der Waals surface area (Å²) in [5.74, 6) is 0.0296. The molecule has 94 valence electrons. The van der Waals surface area contributed by atoms with Crippen LogP contribution in [0.4, 0.5) is 0 Å². The van der Waals surface area contributed by atoms with Crippen LogP contribution in [0.2, 0.25) is 0 Å². The van der Waals surface area contributed by atoms with E-state index in [9.17, 15) is 9.90 Å². The molecule has 1 atom stereocenters. The smallest absolute Gasteiger partial charge is 0.224 e. The quantitative estimate of drug-likeness (QED) is 0.782. The summed E-state index contributed by atoms with van der Waals surface area (Å²) in [5, 5.41) is 12.3. The second-order valence-corrected chi connectivity index (χ2v) is 4.96. The third-order valence-corrected chi connectivity index (χ3v) is 2.80. The number of carbonyl (C=O) groups is 1. The summed E-state index contributed by atoms with van der Waals surface area (Å²) in [4.78, 5) is 11.7. The molecule has 5 heteroatoms. The summed E-state index contributed by atoms with van der Waals surface area (Å²) in [6.45, 7) is 1.04. The Hall–Kier alpha value is -1.07. The average Bonchev–Trinajstić information content (AvgIpc) is 2.30. The Morgan fingerprint density at radius 1 is 1.53 bits per heavy atom. The molecule has 1 aromatic carbocycles. The molecule has 0 saturated carbocycles. The first-order chi connectivity index (χ1) is 8.13. The van der Waals surface area contributed by atoms with Gasteiger partial charge in [-0.3, -0.25) is 4.79 Å². The lowest BCUT2D eigenvalue weighted by Gasteiger charge is -2.10. The molecule has 0 aromatic heterocycles. The zero-order valence-corrected chi connectivity index (χ0v) is 11.2. The van der Waals surface area contributed by atoms with Crippen LogP contribution in [0.5, 0.6) is 5.75 Å². The van der Waals surface area contributed by atoms with E-state index < -0.39 is 0 Å². The minimum absolute atomic E-state index is 0.0980. The number of hydrogen-bond donors (Lipinski definition) is 2. The van der Waals surface area contributed by atoms with Crippen LogP contribution in [-0.4, -0.2) is 36.1 Å². The fraction of sp³-hybridized carbons (Fsp3) is 0.417. The maximum atomic E-state index is 11.6. The van der Waals surface area contributed by atoms with Gasteiger partial charge in [-0.05, 0) is 6.07 Å². The number of rotatable bonds is 6. The van der Waals surface area contributed by atoms with E-state index in [0.29, 0.717) is 18.7 Å². The first-order valence-electron chi connectivity index (χ1n) is 5.30. The number of halogens is 1. The molecule has 17 heavy (non-hydrogen) atoms. The maximum Gasteiger partial charge on any atom is 0.224 e. The van der Waals surface area contributed by atoms with Crippen LogP contribution in [0.25, 0.3) is 0 Å². The van der Waals surface area contributed by atoms with Gasteiger partial charge in [0.15, 0.2) is 0 Å². The summed E-state index contributed by atoms with van der Waals surface area (Å²) in [6.07, 6.45) is 0.180. The van der Waals surface area contributed by atoms with Crippen LogP contribution in [0.1, 0.15) is 5.56 Å². The predicted octanol–water partition coefficient (Wildman–Crippen LogP) is 1.46. The summed E-state index contributed by atoms with van der Waals surface area (Å²) in [7, 11) is 1.61. The van der Waals surface area contributed by atoms with Gasteiger partial charge in [0.2, 0.25) is 5.91 Å². The third kappa shape index (κ3) is 5.19.